The van der Waals surface area contributed by atoms with Crippen molar-refractivity contribution >= 4 is 23.0 Å². The molecule has 0 aliphatic carbocycles. The standard InChI is InChI=1S/C21H35N7O5/c1-20(2,12(23)6-5-10(22)19(31)32)7-11-14(29)15(30)16(33-11)21(3,4)28-9-27-13-17(24)25-8-26-18(13)28/h8-12,14-16,29-30H,5-7,22-23H2,1-4H3,(H,31,32)(H2,24,25,26)/t10-,11+,12-,14+,15+,16+/m0/s1. The Morgan fingerprint density at radius 1 is 1.15 bits per heavy atom. The van der Waals surface area contributed by atoms with Gasteiger partial charge in [0.05, 0.1) is 18.0 Å². The Morgan fingerprint density at radius 3 is 2.45 bits per heavy atom. The van der Waals surface area contributed by atoms with Gasteiger partial charge in [0.2, 0.25) is 0 Å². The van der Waals surface area contributed by atoms with Gasteiger partial charge in [-0.15, -0.1) is 0 Å². The van der Waals surface area contributed by atoms with E-state index in [0.717, 1.165) is 0 Å². The predicted molar refractivity (Wildman–Crippen MR) is 121 cm³/mol. The summed E-state index contributed by atoms with van der Waals surface area (Å²) < 4.78 is 7.96. The van der Waals surface area contributed by atoms with Crippen molar-refractivity contribution in [3.8, 4) is 0 Å². The van der Waals surface area contributed by atoms with Crippen molar-refractivity contribution in [2.45, 2.75) is 89.0 Å². The van der Waals surface area contributed by atoms with E-state index >= 15 is 0 Å². The van der Waals surface area contributed by atoms with E-state index in [0.29, 0.717) is 24.0 Å². The van der Waals surface area contributed by atoms with Crippen molar-refractivity contribution in [1.29, 1.82) is 0 Å². The molecule has 12 heteroatoms. The highest BCUT2D eigenvalue weighted by Crippen LogP contribution is 2.40. The summed E-state index contributed by atoms with van der Waals surface area (Å²) in [7, 11) is 0. The highest BCUT2D eigenvalue weighted by molar-refractivity contribution is 5.81. The van der Waals surface area contributed by atoms with Crippen LogP contribution in [0.1, 0.15) is 47.0 Å². The second-order valence-electron chi connectivity index (χ2n) is 10.1. The van der Waals surface area contributed by atoms with Crippen LogP contribution in [0.5, 0.6) is 0 Å². The van der Waals surface area contributed by atoms with Crippen LogP contribution >= 0.6 is 0 Å². The molecule has 0 saturated carbocycles. The molecular formula is C21H35N7O5. The number of aliphatic carboxylic acids is 1. The number of imidazole rings is 1. The number of nitrogens with two attached hydrogens (primary N) is 3. The van der Waals surface area contributed by atoms with Crippen LogP contribution < -0.4 is 17.2 Å². The molecule has 0 spiro atoms. The van der Waals surface area contributed by atoms with E-state index in [9.17, 15) is 15.0 Å². The molecule has 2 aromatic heterocycles. The van der Waals surface area contributed by atoms with Crippen molar-refractivity contribution < 1.29 is 24.9 Å². The van der Waals surface area contributed by atoms with E-state index in [-0.39, 0.29) is 18.3 Å². The minimum absolute atomic E-state index is 0.241. The lowest BCUT2D eigenvalue weighted by Gasteiger charge is -2.36. The number of nitrogens with zero attached hydrogens (tertiary/aromatic N) is 4. The quantitative estimate of drug-likeness (QED) is 0.280. The van der Waals surface area contributed by atoms with Crippen LogP contribution in [0.4, 0.5) is 5.82 Å². The Hall–Kier alpha value is -2.38. The van der Waals surface area contributed by atoms with E-state index in [1.165, 1.54) is 6.33 Å². The van der Waals surface area contributed by atoms with Crippen LogP contribution in [0, 0.1) is 5.41 Å². The molecule has 9 N–H and O–H groups in total. The maximum Gasteiger partial charge on any atom is 0.320 e. The van der Waals surface area contributed by atoms with Gasteiger partial charge in [-0.2, -0.15) is 0 Å². The van der Waals surface area contributed by atoms with E-state index in [2.05, 4.69) is 15.0 Å². The molecule has 0 unspecified atom stereocenters. The summed E-state index contributed by atoms with van der Waals surface area (Å²) >= 11 is 0. The first-order valence-corrected chi connectivity index (χ1v) is 11.0. The Morgan fingerprint density at radius 2 is 1.82 bits per heavy atom. The van der Waals surface area contributed by atoms with Crippen molar-refractivity contribution in [2.24, 2.45) is 16.9 Å². The Kier molecular flexibility index (Phi) is 6.97. The SMILES string of the molecule is CC(C)(C[C@H]1O[C@@H](C(C)(C)n2cnc3c(N)ncnc32)[C@H](O)[C@@H]1O)[C@@H](N)CC[C@H](N)C(=O)O. The summed E-state index contributed by atoms with van der Waals surface area (Å²) in [4.78, 5) is 23.5. The molecule has 1 aliphatic rings. The molecule has 0 amide bonds. The zero-order valence-corrected chi connectivity index (χ0v) is 19.4. The van der Waals surface area contributed by atoms with Crippen LogP contribution in [0.2, 0.25) is 0 Å². The number of anilines is 1. The molecule has 184 valence electrons. The molecule has 3 heterocycles. The summed E-state index contributed by atoms with van der Waals surface area (Å²) in [6.07, 6.45) is 0.193. The Bertz CT molecular complexity index is 995. The van der Waals surface area contributed by atoms with Gasteiger partial charge in [0, 0.05) is 6.04 Å². The third-order valence-corrected chi connectivity index (χ3v) is 6.88. The van der Waals surface area contributed by atoms with Gasteiger partial charge < -0.3 is 41.8 Å². The van der Waals surface area contributed by atoms with Crippen molar-refractivity contribution in [3.63, 3.8) is 0 Å². The number of aliphatic hydroxyl groups excluding tert-OH is 2. The van der Waals surface area contributed by atoms with Crippen LogP contribution in [-0.4, -0.2) is 77.3 Å². The molecule has 0 aromatic carbocycles. The first-order valence-electron chi connectivity index (χ1n) is 11.0. The third kappa shape index (κ3) is 4.80. The number of rotatable bonds is 9. The van der Waals surface area contributed by atoms with Crippen LogP contribution in [0.3, 0.4) is 0 Å². The number of fused-ring (bicyclic) bond motifs is 1. The molecule has 3 rings (SSSR count). The van der Waals surface area contributed by atoms with Crippen LogP contribution in [0.15, 0.2) is 12.7 Å². The molecule has 33 heavy (non-hydrogen) atoms. The second-order valence-corrected chi connectivity index (χ2v) is 10.1. The fourth-order valence-corrected chi connectivity index (χ4v) is 4.46. The minimum atomic E-state index is -1.16. The van der Waals surface area contributed by atoms with E-state index < -0.39 is 47.4 Å². The first-order chi connectivity index (χ1) is 15.3. The number of hydrogen-bond donors (Lipinski definition) is 6. The Balaban J connectivity index is 1.76. The number of carboxylic acids is 1. The number of nitrogen functional groups attached to an aromatic ring is 1. The molecule has 1 fully saturated rings. The van der Waals surface area contributed by atoms with Gasteiger partial charge in [-0.05, 0) is 38.5 Å². The van der Waals surface area contributed by atoms with E-state index in [1.54, 1.807) is 10.9 Å². The molecular weight excluding hydrogens is 430 g/mol. The zero-order valence-electron chi connectivity index (χ0n) is 19.4. The lowest BCUT2D eigenvalue weighted by Crippen LogP contribution is -2.46. The van der Waals surface area contributed by atoms with Crippen molar-refractivity contribution in [1.82, 2.24) is 19.5 Å². The van der Waals surface area contributed by atoms with Crippen LogP contribution in [-0.2, 0) is 15.1 Å². The van der Waals surface area contributed by atoms with Gasteiger partial charge in [-0.25, -0.2) is 15.0 Å². The highest BCUT2D eigenvalue weighted by Gasteiger charge is 2.52. The average Bonchev–Trinajstić information content (AvgIpc) is 3.30. The maximum atomic E-state index is 11.0. The van der Waals surface area contributed by atoms with Gasteiger partial charge in [-0.3, -0.25) is 4.79 Å². The average molecular weight is 466 g/mol. The van der Waals surface area contributed by atoms with Gasteiger partial charge in [-0.1, -0.05) is 13.8 Å². The number of ether oxygens (including phenoxy) is 1. The summed E-state index contributed by atoms with van der Waals surface area (Å²) in [5.74, 6) is -0.819. The maximum absolute atomic E-state index is 11.0. The smallest absolute Gasteiger partial charge is 0.320 e. The predicted octanol–water partition coefficient (Wildman–Crippen LogP) is -0.431. The van der Waals surface area contributed by atoms with Gasteiger partial charge in [0.1, 0.15) is 36.2 Å². The second kappa shape index (κ2) is 9.11. The molecule has 1 saturated heterocycles. The fraction of sp³-hybridized carbons (Fsp3) is 0.714. The molecule has 2 aromatic rings. The lowest BCUT2D eigenvalue weighted by molar-refractivity contribution is -0.138. The summed E-state index contributed by atoms with van der Waals surface area (Å²) in [5.41, 5.74) is 17.4. The number of carboxylic acid groups (broad SMARTS) is 1. The van der Waals surface area contributed by atoms with E-state index in [4.69, 9.17) is 27.0 Å². The summed E-state index contributed by atoms with van der Waals surface area (Å²) in [6.45, 7) is 7.57. The molecule has 0 radical (unpaired) electrons. The topological polar surface area (TPSA) is 209 Å². The molecule has 6 atom stereocenters. The minimum Gasteiger partial charge on any atom is -0.480 e. The largest absolute Gasteiger partial charge is 0.480 e. The first kappa shape index (κ1) is 25.2. The molecule has 12 nitrogen and oxygen atoms in total. The normalized spacial score (nSPS) is 25.9. The van der Waals surface area contributed by atoms with Crippen molar-refractivity contribution in [3.05, 3.63) is 12.7 Å². The van der Waals surface area contributed by atoms with Gasteiger partial charge >= 0.3 is 5.97 Å². The molecule has 1 aliphatic heterocycles. The van der Waals surface area contributed by atoms with Crippen molar-refractivity contribution in [2.75, 3.05) is 5.73 Å². The number of aliphatic hydroxyl groups is 2. The number of hydrogen-bond acceptors (Lipinski definition) is 10. The van der Waals surface area contributed by atoms with Gasteiger partial charge in [0.25, 0.3) is 0 Å². The summed E-state index contributed by atoms with van der Waals surface area (Å²) in [5, 5.41) is 30.7. The highest BCUT2D eigenvalue weighted by atomic mass is 16.5. The fourth-order valence-electron chi connectivity index (χ4n) is 4.46. The third-order valence-electron chi connectivity index (χ3n) is 6.88. The van der Waals surface area contributed by atoms with Crippen LogP contribution in [0.25, 0.3) is 11.2 Å². The number of carbonyl (C=O) groups is 1. The monoisotopic (exact) mass is 465 g/mol. The Labute approximate surface area is 192 Å². The number of aromatic nitrogens is 4. The lowest BCUT2D eigenvalue weighted by atomic mass is 9.76. The summed E-state index contributed by atoms with van der Waals surface area (Å²) in [6, 6.07) is -1.35. The van der Waals surface area contributed by atoms with E-state index in [1.807, 2.05) is 27.7 Å². The zero-order chi connectivity index (χ0) is 24.7. The molecule has 0 bridgehead atoms. The van der Waals surface area contributed by atoms with Gasteiger partial charge in [0.15, 0.2) is 11.5 Å².